The van der Waals surface area contributed by atoms with Crippen molar-refractivity contribution in [2.24, 2.45) is 0 Å². The quantitative estimate of drug-likeness (QED) is 0.668. The van der Waals surface area contributed by atoms with E-state index < -0.39 is 0 Å². The van der Waals surface area contributed by atoms with Gasteiger partial charge >= 0.3 is 0 Å². The van der Waals surface area contributed by atoms with E-state index in [1.807, 2.05) is 24.3 Å². The summed E-state index contributed by atoms with van der Waals surface area (Å²) >= 11 is 0. The molecule has 0 radical (unpaired) electrons. The molecule has 0 amide bonds. The van der Waals surface area contributed by atoms with Gasteiger partial charge in [0.1, 0.15) is 5.75 Å². The first-order chi connectivity index (χ1) is 9.67. The number of hydrogen-bond acceptors (Lipinski definition) is 3. The summed E-state index contributed by atoms with van der Waals surface area (Å²) in [5, 5.41) is 0. The summed E-state index contributed by atoms with van der Waals surface area (Å²) in [5.74, 6) is 0.458. The van der Waals surface area contributed by atoms with Crippen molar-refractivity contribution in [3.8, 4) is 5.75 Å². The fourth-order valence-corrected chi connectivity index (χ4v) is 2.23. The van der Waals surface area contributed by atoms with Gasteiger partial charge in [-0.1, -0.05) is 37.6 Å². The molecule has 2 aromatic rings. The zero-order valence-electron chi connectivity index (χ0n) is 11.8. The van der Waals surface area contributed by atoms with Gasteiger partial charge in [-0.2, -0.15) is 0 Å². The maximum absolute atomic E-state index is 12.6. The number of ether oxygens (including phenoxy) is 1. The van der Waals surface area contributed by atoms with E-state index in [4.69, 9.17) is 10.5 Å². The standard InChI is InChI=1S/C17H19NO2/c1-3-6-12-7-4-8-13(11-12)17(19)14-9-5-10-15(20-2)16(14)18/h4-5,7-11H,3,6,18H2,1-2H3. The van der Waals surface area contributed by atoms with Gasteiger partial charge in [-0.05, 0) is 30.2 Å². The highest BCUT2D eigenvalue weighted by molar-refractivity contribution is 6.12. The van der Waals surface area contributed by atoms with Gasteiger partial charge in [0.05, 0.1) is 12.8 Å². The van der Waals surface area contributed by atoms with Gasteiger partial charge < -0.3 is 10.5 Å². The molecular weight excluding hydrogens is 250 g/mol. The Morgan fingerprint density at radius 1 is 1.20 bits per heavy atom. The molecule has 2 rings (SSSR count). The van der Waals surface area contributed by atoms with Gasteiger partial charge in [0.25, 0.3) is 0 Å². The predicted molar refractivity (Wildman–Crippen MR) is 81.3 cm³/mol. The normalized spacial score (nSPS) is 10.3. The average Bonchev–Trinajstić information content (AvgIpc) is 2.47. The van der Waals surface area contributed by atoms with E-state index in [1.54, 1.807) is 25.3 Å². The Labute approximate surface area is 119 Å². The molecule has 0 spiro atoms. The molecule has 0 aliphatic heterocycles. The molecule has 3 nitrogen and oxygen atoms in total. The van der Waals surface area contributed by atoms with Crippen LogP contribution >= 0.6 is 0 Å². The molecule has 0 aromatic heterocycles. The monoisotopic (exact) mass is 269 g/mol. The molecular formula is C17H19NO2. The number of hydrogen-bond donors (Lipinski definition) is 1. The van der Waals surface area contributed by atoms with Crippen molar-refractivity contribution in [1.29, 1.82) is 0 Å². The number of methoxy groups -OCH3 is 1. The van der Waals surface area contributed by atoms with Gasteiger partial charge in [0.15, 0.2) is 5.78 Å². The van der Waals surface area contributed by atoms with Crippen LogP contribution < -0.4 is 10.5 Å². The summed E-state index contributed by atoms with van der Waals surface area (Å²) in [5.41, 5.74) is 8.69. The van der Waals surface area contributed by atoms with E-state index in [2.05, 4.69) is 6.92 Å². The van der Waals surface area contributed by atoms with Crippen LogP contribution in [0.5, 0.6) is 5.75 Å². The maximum atomic E-state index is 12.6. The van der Waals surface area contributed by atoms with Crippen molar-refractivity contribution in [2.75, 3.05) is 12.8 Å². The molecule has 3 heteroatoms. The first-order valence-electron chi connectivity index (χ1n) is 6.73. The molecule has 0 saturated heterocycles. The lowest BCUT2D eigenvalue weighted by Gasteiger charge is -2.10. The summed E-state index contributed by atoms with van der Waals surface area (Å²) in [7, 11) is 1.54. The highest BCUT2D eigenvalue weighted by atomic mass is 16.5. The minimum Gasteiger partial charge on any atom is -0.495 e. The lowest BCUT2D eigenvalue weighted by molar-refractivity contribution is 0.103. The number of carbonyl (C=O) groups is 1. The van der Waals surface area contributed by atoms with Crippen LogP contribution in [0.15, 0.2) is 42.5 Å². The molecule has 2 N–H and O–H groups in total. The Balaban J connectivity index is 2.38. The molecule has 0 unspecified atom stereocenters. The van der Waals surface area contributed by atoms with Crippen molar-refractivity contribution >= 4 is 11.5 Å². The second-order valence-corrected chi connectivity index (χ2v) is 4.70. The van der Waals surface area contributed by atoms with Crippen LogP contribution in [0.4, 0.5) is 5.69 Å². The molecule has 0 heterocycles. The van der Waals surface area contributed by atoms with Crippen LogP contribution in [-0.2, 0) is 6.42 Å². The molecule has 0 saturated carbocycles. The van der Waals surface area contributed by atoms with Crippen molar-refractivity contribution in [1.82, 2.24) is 0 Å². The topological polar surface area (TPSA) is 52.3 Å². The molecule has 0 aliphatic rings. The fourth-order valence-electron chi connectivity index (χ4n) is 2.23. The Kier molecular flexibility index (Phi) is 4.41. The van der Waals surface area contributed by atoms with E-state index in [0.29, 0.717) is 22.6 Å². The van der Waals surface area contributed by atoms with E-state index >= 15 is 0 Å². The first kappa shape index (κ1) is 14.1. The number of nitrogens with two attached hydrogens (primary N) is 1. The predicted octanol–water partition coefficient (Wildman–Crippen LogP) is 3.46. The highest BCUT2D eigenvalue weighted by Crippen LogP contribution is 2.27. The van der Waals surface area contributed by atoms with Crippen LogP contribution in [0.2, 0.25) is 0 Å². The number of benzene rings is 2. The minimum atomic E-state index is -0.0700. The number of nitrogen functional groups attached to an aromatic ring is 1. The third-order valence-electron chi connectivity index (χ3n) is 3.26. The van der Waals surface area contributed by atoms with E-state index in [0.717, 1.165) is 12.8 Å². The zero-order chi connectivity index (χ0) is 14.5. The Bertz CT molecular complexity index is 620. The van der Waals surface area contributed by atoms with Gasteiger partial charge in [-0.3, -0.25) is 4.79 Å². The molecule has 0 atom stereocenters. The second kappa shape index (κ2) is 6.24. The number of aryl methyl sites for hydroxylation is 1. The minimum absolute atomic E-state index is 0.0700. The van der Waals surface area contributed by atoms with Crippen LogP contribution in [-0.4, -0.2) is 12.9 Å². The third-order valence-corrected chi connectivity index (χ3v) is 3.26. The third kappa shape index (κ3) is 2.82. The maximum Gasteiger partial charge on any atom is 0.195 e. The largest absolute Gasteiger partial charge is 0.495 e. The number of para-hydroxylation sites is 1. The first-order valence-corrected chi connectivity index (χ1v) is 6.73. The Morgan fingerprint density at radius 2 is 1.95 bits per heavy atom. The van der Waals surface area contributed by atoms with Gasteiger partial charge in [0.2, 0.25) is 0 Å². The summed E-state index contributed by atoms with van der Waals surface area (Å²) in [6, 6.07) is 13.0. The van der Waals surface area contributed by atoms with Crippen LogP contribution in [0.25, 0.3) is 0 Å². The SMILES string of the molecule is CCCc1cccc(C(=O)c2cccc(OC)c2N)c1. The van der Waals surface area contributed by atoms with E-state index in [-0.39, 0.29) is 5.78 Å². The molecule has 2 aromatic carbocycles. The van der Waals surface area contributed by atoms with Crippen molar-refractivity contribution in [3.63, 3.8) is 0 Å². The molecule has 104 valence electrons. The van der Waals surface area contributed by atoms with E-state index in [9.17, 15) is 4.79 Å². The van der Waals surface area contributed by atoms with Crippen LogP contribution in [0.3, 0.4) is 0 Å². The summed E-state index contributed by atoms with van der Waals surface area (Å²) in [6.45, 7) is 2.12. The Hall–Kier alpha value is -2.29. The lowest BCUT2D eigenvalue weighted by atomic mass is 9.98. The van der Waals surface area contributed by atoms with Crippen molar-refractivity contribution < 1.29 is 9.53 Å². The molecule has 0 aliphatic carbocycles. The number of carbonyl (C=O) groups excluding carboxylic acids is 1. The van der Waals surface area contributed by atoms with Gasteiger partial charge in [-0.25, -0.2) is 0 Å². The Morgan fingerprint density at radius 3 is 2.65 bits per heavy atom. The van der Waals surface area contributed by atoms with Crippen molar-refractivity contribution in [2.45, 2.75) is 19.8 Å². The lowest BCUT2D eigenvalue weighted by Crippen LogP contribution is -2.07. The fraction of sp³-hybridized carbons (Fsp3) is 0.235. The molecule has 0 bridgehead atoms. The zero-order valence-corrected chi connectivity index (χ0v) is 11.8. The average molecular weight is 269 g/mol. The number of rotatable bonds is 5. The molecule has 20 heavy (non-hydrogen) atoms. The number of anilines is 1. The second-order valence-electron chi connectivity index (χ2n) is 4.70. The van der Waals surface area contributed by atoms with Gasteiger partial charge in [-0.15, -0.1) is 0 Å². The number of ketones is 1. The smallest absolute Gasteiger partial charge is 0.195 e. The van der Waals surface area contributed by atoms with E-state index in [1.165, 1.54) is 5.56 Å². The van der Waals surface area contributed by atoms with Crippen LogP contribution in [0.1, 0.15) is 34.8 Å². The summed E-state index contributed by atoms with van der Waals surface area (Å²) < 4.78 is 5.16. The van der Waals surface area contributed by atoms with Crippen LogP contribution in [0, 0.1) is 0 Å². The summed E-state index contributed by atoms with van der Waals surface area (Å²) in [6.07, 6.45) is 2.02. The summed E-state index contributed by atoms with van der Waals surface area (Å²) in [4.78, 5) is 12.6. The highest BCUT2D eigenvalue weighted by Gasteiger charge is 2.15. The van der Waals surface area contributed by atoms with Crippen molar-refractivity contribution in [3.05, 3.63) is 59.2 Å². The van der Waals surface area contributed by atoms with Gasteiger partial charge in [0, 0.05) is 11.1 Å². The molecule has 0 fully saturated rings.